The number of nitrogens with one attached hydrogen (secondary N) is 2. The Labute approximate surface area is 160 Å². The second-order valence-electron chi connectivity index (χ2n) is 7.17. The van der Waals surface area contributed by atoms with E-state index in [1.807, 2.05) is 0 Å². The maximum Gasteiger partial charge on any atom is 0.0804 e. The first kappa shape index (κ1) is 17.3. The summed E-state index contributed by atoms with van der Waals surface area (Å²) in [6, 6.07) is 21.4. The number of rotatable bonds is 5. The molecule has 4 rings (SSSR count). The number of benzene rings is 3. The van der Waals surface area contributed by atoms with E-state index in [1.165, 1.54) is 33.0 Å². The molecule has 0 atom stereocenters. The number of aromatic nitrogens is 1. The highest BCUT2D eigenvalue weighted by Crippen LogP contribution is 2.29. The molecule has 136 valence electrons. The molecule has 0 aliphatic heterocycles. The minimum Gasteiger partial charge on any atom is -0.383 e. The molecule has 3 nitrogen and oxygen atoms in total. The van der Waals surface area contributed by atoms with Gasteiger partial charge in [0, 0.05) is 40.9 Å². The van der Waals surface area contributed by atoms with Gasteiger partial charge in [0.05, 0.1) is 5.52 Å². The molecule has 0 unspecified atom stereocenters. The first-order valence-corrected chi connectivity index (χ1v) is 9.46. The first-order chi connectivity index (χ1) is 13.1. The molecule has 3 aromatic carbocycles. The molecular formula is C24H25N3. The summed E-state index contributed by atoms with van der Waals surface area (Å²) < 4.78 is 0. The summed E-state index contributed by atoms with van der Waals surface area (Å²) in [5.41, 5.74) is 7.02. The van der Waals surface area contributed by atoms with Crippen molar-refractivity contribution in [2.24, 2.45) is 0 Å². The van der Waals surface area contributed by atoms with Crippen LogP contribution in [0.1, 0.15) is 16.8 Å². The van der Waals surface area contributed by atoms with E-state index < -0.39 is 0 Å². The molecule has 0 radical (unpaired) electrons. The Morgan fingerprint density at radius 2 is 1.52 bits per heavy atom. The largest absolute Gasteiger partial charge is 0.383 e. The van der Waals surface area contributed by atoms with Gasteiger partial charge < -0.3 is 10.6 Å². The quantitative estimate of drug-likeness (QED) is 0.349. The Balaban J connectivity index is 1.54. The van der Waals surface area contributed by atoms with Gasteiger partial charge in [-0.05, 0) is 43.9 Å². The van der Waals surface area contributed by atoms with Crippen LogP contribution in [0.2, 0.25) is 0 Å². The van der Waals surface area contributed by atoms with E-state index in [0.29, 0.717) is 0 Å². The van der Waals surface area contributed by atoms with Crippen molar-refractivity contribution in [3.63, 3.8) is 0 Å². The average molecular weight is 355 g/mol. The van der Waals surface area contributed by atoms with Crippen LogP contribution < -0.4 is 10.6 Å². The summed E-state index contributed by atoms with van der Waals surface area (Å²) in [6.07, 6.45) is 0. The molecule has 27 heavy (non-hydrogen) atoms. The summed E-state index contributed by atoms with van der Waals surface area (Å²) in [7, 11) is 0. The molecule has 1 aromatic heterocycles. The standard InChI is InChI=1S/C24H25N3/c1-16-8-11-22(17(2)14-16)25-12-13-26-23-15-18(3)27-24-20-7-5-4-6-19(20)9-10-21(23)24/h4-11,14-15,25H,12-13H2,1-3H3,(H,26,27). The number of aryl methyl sites for hydroxylation is 3. The lowest BCUT2D eigenvalue weighted by molar-refractivity contribution is 1.07. The second-order valence-corrected chi connectivity index (χ2v) is 7.17. The Hall–Kier alpha value is -3.07. The van der Waals surface area contributed by atoms with Crippen molar-refractivity contribution < 1.29 is 0 Å². The molecule has 0 fully saturated rings. The van der Waals surface area contributed by atoms with Crippen LogP contribution in [0.3, 0.4) is 0 Å². The zero-order valence-corrected chi connectivity index (χ0v) is 16.1. The number of fused-ring (bicyclic) bond motifs is 3. The summed E-state index contributed by atoms with van der Waals surface area (Å²) in [6.45, 7) is 8.03. The van der Waals surface area contributed by atoms with Crippen LogP contribution in [0.25, 0.3) is 21.7 Å². The van der Waals surface area contributed by atoms with Crippen LogP contribution in [0.4, 0.5) is 11.4 Å². The highest BCUT2D eigenvalue weighted by molar-refractivity contribution is 6.09. The average Bonchev–Trinajstić information content (AvgIpc) is 2.66. The van der Waals surface area contributed by atoms with Crippen molar-refractivity contribution >= 4 is 33.1 Å². The van der Waals surface area contributed by atoms with Crippen LogP contribution in [-0.2, 0) is 0 Å². The highest BCUT2D eigenvalue weighted by Gasteiger charge is 2.07. The van der Waals surface area contributed by atoms with Gasteiger partial charge in [-0.1, -0.05) is 54.1 Å². The van der Waals surface area contributed by atoms with Gasteiger partial charge in [-0.15, -0.1) is 0 Å². The Morgan fingerprint density at radius 1 is 0.741 bits per heavy atom. The molecule has 0 aliphatic rings. The molecule has 0 saturated carbocycles. The van der Waals surface area contributed by atoms with Crippen LogP contribution in [0.5, 0.6) is 0 Å². The fourth-order valence-electron chi connectivity index (χ4n) is 3.64. The minimum atomic E-state index is 0.846. The Bertz CT molecular complexity index is 1120. The van der Waals surface area contributed by atoms with Gasteiger partial charge in [0.15, 0.2) is 0 Å². The van der Waals surface area contributed by atoms with Crippen LogP contribution in [0.15, 0.2) is 60.7 Å². The van der Waals surface area contributed by atoms with Gasteiger partial charge in [-0.3, -0.25) is 4.98 Å². The van der Waals surface area contributed by atoms with Crippen molar-refractivity contribution in [3.05, 3.63) is 77.5 Å². The number of hydrogen-bond acceptors (Lipinski definition) is 3. The van der Waals surface area contributed by atoms with Crippen LogP contribution in [-0.4, -0.2) is 18.1 Å². The van der Waals surface area contributed by atoms with Gasteiger partial charge in [0.1, 0.15) is 0 Å². The lowest BCUT2D eigenvalue weighted by Crippen LogP contribution is -2.14. The van der Waals surface area contributed by atoms with Gasteiger partial charge in [-0.25, -0.2) is 0 Å². The van der Waals surface area contributed by atoms with Gasteiger partial charge in [-0.2, -0.15) is 0 Å². The Morgan fingerprint density at radius 3 is 2.33 bits per heavy atom. The molecule has 0 saturated heterocycles. The molecule has 0 amide bonds. The van der Waals surface area contributed by atoms with Gasteiger partial charge in [0.25, 0.3) is 0 Å². The zero-order chi connectivity index (χ0) is 18.8. The van der Waals surface area contributed by atoms with Gasteiger partial charge >= 0.3 is 0 Å². The number of nitrogens with zero attached hydrogens (tertiary/aromatic N) is 1. The summed E-state index contributed by atoms with van der Waals surface area (Å²) in [5, 5.41) is 10.7. The van der Waals surface area contributed by atoms with Crippen molar-refractivity contribution in [1.82, 2.24) is 4.98 Å². The molecule has 0 spiro atoms. The topological polar surface area (TPSA) is 37.0 Å². The molecule has 0 aliphatic carbocycles. The number of hydrogen-bond donors (Lipinski definition) is 2. The lowest BCUT2D eigenvalue weighted by atomic mass is 10.0. The van der Waals surface area contributed by atoms with Crippen molar-refractivity contribution in [1.29, 1.82) is 0 Å². The van der Waals surface area contributed by atoms with Crippen molar-refractivity contribution in [3.8, 4) is 0 Å². The van der Waals surface area contributed by atoms with Crippen molar-refractivity contribution in [2.75, 3.05) is 23.7 Å². The molecule has 2 N–H and O–H groups in total. The fourth-order valence-corrected chi connectivity index (χ4v) is 3.64. The highest BCUT2D eigenvalue weighted by atomic mass is 15.0. The molecular weight excluding hydrogens is 330 g/mol. The van der Waals surface area contributed by atoms with E-state index in [-0.39, 0.29) is 0 Å². The first-order valence-electron chi connectivity index (χ1n) is 9.46. The number of anilines is 2. The van der Waals surface area contributed by atoms with E-state index in [9.17, 15) is 0 Å². The zero-order valence-electron chi connectivity index (χ0n) is 16.1. The third-order valence-electron chi connectivity index (χ3n) is 4.97. The lowest BCUT2D eigenvalue weighted by Gasteiger charge is -2.14. The third-order valence-corrected chi connectivity index (χ3v) is 4.97. The van der Waals surface area contributed by atoms with Gasteiger partial charge in [0.2, 0.25) is 0 Å². The number of pyridine rings is 1. The normalized spacial score (nSPS) is 11.1. The SMILES string of the molecule is Cc1ccc(NCCNc2cc(C)nc3c2ccc2ccccc23)c(C)c1. The summed E-state index contributed by atoms with van der Waals surface area (Å²) in [4.78, 5) is 4.80. The van der Waals surface area contributed by atoms with E-state index in [1.54, 1.807) is 0 Å². The maximum atomic E-state index is 4.80. The minimum absolute atomic E-state index is 0.846. The predicted molar refractivity (Wildman–Crippen MR) is 117 cm³/mol. The van der Waals surface area contributed by atoms with Crippen molar-refractivity contribution in [2.45, 2.75) is 20.8 Å². The maximum absolute atomic E-state index is 4.80. The monoisotopic (exact) mass is 355 g/mol. The smallest absolute Gasteiger partial charge is 0.0804 e. The van der Waals surface area contributed by atoms with Crippen LogP contribution >= 0.6 is 0 Å². The van der Waals surface area contributed by atoms with E-state index >= 15 is 0 Å². The summed E-state index contributed by atoms with van der Waals surface area (Å²) in [5.74, 6) is 0. The van der Waals surface area contributed by atoms with E-state index in [0.717, 1.165) is 30.0 Å². The molecule has 0 bridgehead atoms. The second kappa shape index (κ2) is 7.28. The fraction of sp³-hybridized carbons (Fsp3) is 0.208. The molecule has 1 heterocycles. The van der Waals surface area contributed by atoms with Crippen LogP contribution in [0, 0.1) is 20.8 Å². The molecule has 3 heteroatoms. The van der Waals surface area contributed by atoms with E-state index in [2.05, 4.69) is 92.1 Å². The summed E-state index contributed by atoms with van der Waals surface area (Å²) >= 11 is 0. The predicted octanol–water partition coefficient (Wildman–Crippen LogP) is 5.84. The third kappa shape index (κ3) is 3.59. The Kier molecular flexibility index (Phi) is 4.68. The van der Waals surface area contributed by atoms with E-state index in [4.69, 9.17) is 4.98 Å². The molecule has 4 aromatic rings.